The van der Waals surface area contributed by atoms with Gasteiger partial charge in [-0.15, -0.1) is 20.4 Å². The Morgan fingerprint density at radius 1 is 1.03 bits per heavy atom. The van der Waals surface area contributed by atoms with Crippen LogP contribution in [0.4, 0.5) is 0 Å². The number of hydrogen-bond donors (Lipinski definition) is 1. The third-order valence-electron chi connectivity index (χ3n) is 5.33. The van der Waals surface area contributed by atoms with Crippen LogP contribution in [0.25, 0.3) is 11.4 Å². The van der Waals surface area contributed by atoms with E-state index in [1.54, 1.807) is 4.80 Å². The van der Waals surface area contributed by atoms with Gasteiger partial charge in [0.05, 0.1) is 6.54 Å². The number of fused-ring (bicyclic) bond motifs is 1. The van der Waals surface area contributed by atoms with Gasteiger partial charge in [0, 0.05) is 37.9 Å². The Labute approximate surface area is 175 Å². The Hall–Kier alpha value is -3.10. The molecule has 0 radical (unpaired) electrons. The van der Waals surface area contributed by atoms with Crippen LogP contribution in [-0.2, 0) is 30.7 Å². The van der Waals surface area contributed by atoms with Crippen LogP contribution < -0.4 is 5.32 Å². The number of amides is 1. The molecule has 0 atom stereocenters. The minimum absolute atomic E-state index is 0.0541. The molecule has 1 aliphatic heterocycles. The van der Waals surface area contributed by atoms with Crippen molar-refractivity contribution < 1.29 is 4.79 Å². The molecule has 4 rings (SSSR count). The SMILES string of the molecule is O=C(CCCn1nnc(-c2ccccc2)n1)NCCCc1nnc2n1CCCCC2. The molecule has 1 aromatic carbocycles. The van der Waals surface area contributed by atoms with E-state index in [1.807, 2.05) is 30.3 Å². The number of nitrogens with zero attached hydrogens (tertiary/aromatic N) is 7. The van der Waals surface area contributed by atoms with Crippen LogP contribution in [0.5, 0.6) is 0 Å². The van der Waals surface area contributed by atoms with Gasteiger partial charge in [0.2, 0.25) is 11.7 Å². The molecule has 30 heavy (non-hydrogen) atoms. The maximum Gasteiger partial charge on any atom is 0.220 e. The first kappa shape index (κ1) is 20.2. The summed E-state index contributed by atoms with van der Waals surface area (Å²) in [6.07, 6.45) is 7.52. The minimum atomic E-state index is 0.0541. The summed E-state index contributed by atoms with van der Waals surface area (Å²) in [5.41, 5.74) is 0.936. The summed E-state index contributed by atoms with van der Waals surface area (Å²) in [6.45, 7) is 2.24. The van der Waals surface area contributed by atoms with Gasteiger partial charge in [-0.2, -0.15) is 4.80 Å². The Kier molecular flexibility index (Phi) is 6.79. The Balaban J connectivity index is 1.13. The van der Waals surface area contributed by atoms with Crippen LogP contribution in [0.15, 0.2) is 30.3 Å². The molecule has 0 spiro atoms. The van der Waals surface area contributed by atoms with Crippen molar-refractivity contribution in [3.63, 3.8) is 0 Å². The average molecular weight is 409 g/mol. The highest BCUT2D eigenvalue weighted by molar-refractivity contribution is 5.75. The van der Waals surface area contributed by atoms with Crippen LogP contribution >= 0.6 is 0 Å². The smallest absolute Gasteiger partial charge is 0.220 e. The highest BCUT2D eigenvalue weighted by Gasteiger charge is 2.14. The number of hydrogen-bond acceptors (Lipinski definition) is 6. The molecule has 0 saturated carbocycles. The molecule has 9 nitrogen and oxygen atoms in total. The van der Waals surface area contributed by atoms with E-state index in [-0.39, 0.29) is 5.91 Å². The van der Waals surface area contributed by atoms with Gasteiger partial charge in [0.15, 0.2) is 0 Å². The van der Waals surface area contributed by atoms with Crippen LogP contribution in [0.3, 0.4) is 0 Å². The van der Waals surface area contributed by atoms with E-state index in [9.17, 15) is 4.79 Å². The Morgan fingerprint density at radius 2 is 1.93 bits per heavy atom. The molecule has 158 valence electrons. The number of carbonyl (C=O) groups is 1. The summed E-state index contributed by atoms with van der Waals surface area (Å²) in [5, 5.41) is 24.2. The third-order valence-corrected chi connectivity index (χ3v) is 5.33. The molecule has 0 bridgehead atoms. The minimum Gasteiger partial charge on any atom is -0.356 e. The molecule has 2 aromatic heterocycles. The fourth-order valence-corrected chi connectivity index (χ4v) is 3.71. The van der Waals surface area contributed by atoms with E-state index in [4.69, 9.17) is 0 Å². The zero-order valence-electron chi connectivity index (χ0n) is 17.2. The van der Waals surface area contributed by atoms with E-state index in [1.165, 1.54) is 19.3 Å². The zero-order chi connectivity index (χ0) is 20.6. The van der Waals surface area contributed by atoms with Crippen molar-refractivity contribution in [2.75, 3.05) is 6.54 Å². The number of nitrogens with one attached hydrogen (secondary N) is 1. The highest BCUT2D eigenvalue weighted by atomic mass is 16.1. The fraction of sp³-hybridized carbons (Fsp3) is 0.524. The van der Waals surface area contributed by atoms with Crippen molar-refractivity contribution in [2.24, 2.45) is 0 Å². The fourth-order valence-electron chi connectivity index (χ4n) is 3.71. The first-order chi connectivity index (χ1) is 14.8. The number of aromatic nitrogens is 7. The monoisotopic (exact) mass is 408 g/mol. The van der Waals surface area contributed by atoms with Crippen molar-refractivity contribution >= 4 is 5.91 Å². The third kappa shape index (κ3) is 5.28. The molecule has 0 unspecified atom stereocenters. The number of carbonyl (C=O) groups excluding carboxylic acids is 1. The Morgan fingerprint density at radius 3 is 2.83 bits per heavy atom. The summed E-state index contributed by atoms with van der Waals surface area (Å²) < 4.78 is 2.27. The summed E-state index contributed by atoms with van der Waals surface area (Å²) in [7, 11) is 0. The first-order valence-corrected chi connectivity index (χ1v) is 10.8. The predicted molar refractivity (Wildman–Crippen MR) is 111 cm³/mol. The quantitative estimate of drug-likeness (QED) is 0.544. The normalized spacial score (nSPS) is 13.6. The molecule has 3 aromatic rings. The van der Waals surface area contributed by atoms with E-state index < -0.39 is 0 Å². The molecule has 3 heterocycles. The lowest BCUT2D eigenvalue weighted by Crippen LogP contribution is -2.25. The predicted octanol–water partition coefficient (Wildman–Crippen LogP) is 2.19. The van der Waals surface area contributed by atoms with Gasteiger partial charge in [-0.3, -0.25) is 4.79 Å². The topological polar surface area (TPSA) is 103 Å². The van der Waals surface area contributed by atoms with Gasteiger partial charge in [-0.25, -0.2) is 0 Å². The van der Waals surface area contributed by atoms with E-state index in [2.05, 4.69) is 35.5 Å². The van der Waals surface area contributed by atoms with E-state index >= 15 is 0 Å². The molecule has 1 N–H and O–H groups in total. The van der Waals surface area contributed by atoms with Crippen LogP contribution in [0.1, 0.15) is 50.2 Å². The zero-order valence-corrected chi connectivity index (χ0v) is 17.2. The summed E-state index contributed by atoms with van der Waals surface area (Å²) in [6, 6.07) is 9.74. The molecule has 0 fully saturated rings. The second kappa shape index (κ2) is 10.1. The molecule has 9 heteroatoms. The van der Waals surface area contributed by atoms with Gasteiger partial charge in [-0.1, -0.05) is 36.8 Å². The average Bonchev–Trinajstić information content (AvgIpc) is 3.32. The maximum absolute atomic E-state index is 12.1. The van der Waals surface area contributed by atoms with E-state index in [0.717, 1.165) is 43.0 Å². The number of tetrazole rings is 1. The lowest BCUT2D eigenvalue weighted by Gasteiger charge is -2.07. The van der Waals surface area contributed by atoms with E-state index in [0.29, 0.717) is 31.8 Å². The van der Waals surface area contributed by atoms with Crippen LogP contribution in [0.2, 0.25) is 0 Å². The molecule has 0 aliphatic carbocycles. The van der Waals surface area contributed by atoms with Gasteiger partial charge >= 0.3 is 0 Å². The van der Waals surface area contributed by atoms with Crippen molar-refractivity contribution in [1.82, 2.24) is 40.3 Å². The second-order valence-corrected chi connectivity index (χ2v) is 7.63. The molecule has 1 amide bonds. The van der Waals surface area contributed by atoms with Crippen LogP contribution in [0, 0.1) is 0 Å². The number of aryl methyl sites for hydroxylation is 3. The molecule has 0 saturated heterocycles. The van der Waals surface area contributed by atoms with Crippen molar-refractivity contribution in [2.45, 2.75) is 64.5 Å². The summed E-state index contributed by atoms with van der Waals surface area (Å²) in [4.78, 5) is 13.6. The van der Waals surface area contributed by atoms with Crippen molar-refractivity contribution in [3.05, 3.63) is 42.0 Å². The summed E-state index contributed by atoms with van der Waals surface area (Å²) >= 11 is 0. The van der Waals surface area contributed by atoms with Crippen molar-refractivity contribution in [3.8, 4) is 11.4 Å². The summed E-state index contributed by atoms with van der Waals surface area (Å²) in [5.74, 6) is 2.82. The van der Waals surface area contributed by atoms with Gasteiger partial charge in [-0.05, 0) is 30.9 Å². The van der Waals surface area contributed by atoms with Gasteiger partial charge < -0.3 is 9.88 Å². The van der Waals surface area contributed by atoms with Crippen LogP contribution in [-0.4, -0.2) is 47.4 Å². The largest absolute Gasteiger partial charge is 0.356 e. The van der Waals surface area contributed by atoms with Gasteiger partial charge in [0.1, 0.15) is 11.6 Å². The second-order valence-electron chi connectivity index (χ2n) is 7.63. The highest BCUT2D eigenvalue weighted by Crippen LogP contribution is 2.15. The molecule has 1 aliphatic rings. The first-order valence-electron chi connectivity index (χ1n) is 10.8. The standard InChI is InChI=1S/C21H28N8O/c30-20(13-8-16-29-26-21(25-27-29)17-9-3-1-4-10-17)22-14-7-12-19-24-23-18-11-5-2-6-15-28(18)19/h1,3-4,9-10H,2,5-8,11-16H2,(H,22,30). The maximum atomic E-state index is 12.1. The lowest BCUT2D eigenvalue weighted by molar-refractivity contribution is -0.121. The van der Waals surface area contributed by atoms with Gasteiger partial charge in [0.25, 0.3) is 0 Å². The lowest BCUT2D eigenvalue weighted by atomic mass is 10.2. The van der Waals surface area contributed by atoms with Crippen molar-refractivity contribution in [1.29, 1.82) is 0 Å². The number of rotatable bonds is 9. The Bertz CT molecular complexity index is 949. The molecular weight excluding hydrogens is 380 g/mol. The number of benzene rings is 1. The molecular formula is C21H28N8O.